The monoisotopic (exact) mass is 399 g/mol. The first-order valence-electron chi connectivity index (χ1n) is 10.0. The smallest absolute Gasteiger partial charge is 0.257 e. The molecule has 2 fully saturated rings. The summed E-state index contributed by atoms with van der Waals surface area (Å²) in [4.78, 5) is 41.2. The Morgan fingerprint density at radius 2 is 1.48 bits per heavy atom. The Balaban J connectivity index is 1.26. The summed E-state index contributed by atoms with van der Waals surface area (Å²) in [7, 11) is 0. The second-order valence-corrected chi connectivity index (χ2v) is 7.69. The van der Waals surface area contributed by atoms with Crippen molar-refractivity contribution in [2.24, 2.45) is 5.92 Å². The van der Waals surface area contributed by atoms with Crippen LogP contribution >= 0.6 is 0 Å². The van der Waals surface area contributed by atoms with Crippen LogP contribution in [0.15, 0.2) is 46.0 Å². The van der Waals surface area contributed by atoms with Crippen molar-refractivity contribution < 1.29 is 23.2 Å². The number of piperidine rings is 2. The molecule has 0 unspecified atom stereocenters. The second kappa shape index (κ2) is 8.55. The number of hydrogen-bond donors (Lipinski definition) is 1. The lowest BCUT2D eigenvalue weighted by atomic mass is 9.95. The van der Waals surface area contributed by atoms with Crippen molar-refractivity contribution >= 4 is 17.7 Å². The van der Waals surface area contributed by atoms with E-state index in [4.69, 9.17) is 8.83 Å². The van der Waals surface area contributed by atoms with Crippen molar-refractivity contribution in [1.29, 1.82) is 0 Å². The minimum absolute atomic E-state index is 0.00527. The highest BCUT2D eigenvalue weighted by atomic mass is 16.3. The average Bonchev–Trinajstić information content (AvgIpc) is 3.47. The first-order chi connectivity index (χ1) is 14.1. The molecule has 29 heavy (non-hydrogen) atoms. The molecule has 1 N–H and O–H groups in total. The van der Waals surface area contributed by atoms with Crippen LogP contribution in [0.2, 0.25) is 0 Å². The zero-order chi connectivity index (χ0) is 20.2. The topological polar surface area (TPSA) is 96.0 Å². The lowest BCUT2D eigenvalue weighted by Crippen LogP contribution is -2.50. The first-order valence-corrected chi connectivity index (χ1v) is 10.0. The van der Waals surface area contributed by atoms with Crippen molar-refractivity contribution in [2.45, 2.75) is 31.7 Å². The zero-order valence-corrected chi connectivity index (χ0v) is 16.2. The minimum Gasteiger partial charge on any atom is -0.472 e. The molecule has 3 amide bonds. The summed E-state index contributed by atoms with van der Waals surface area (Å²) in [6.45, 7) is 2.28. The molecule has 2 aliphatic heterocycles. The summed E-state index contributed by atoms with van der Waals surface area (Å²) < 4.78 is 9.97. The number of nitrogens with one attached hydrogen (secondary N) is 1. The third kappa shape index (κ3) is 4.36. The Hall–Kier alpha value is -3.03. The molecule has 2 aromatic heterocycles. The fraction of sp³-hybridized carbons (Fsp3) is 0.476. The molecule has 154 valence electrons. The van der Waals surface area contributed by atoms with Gasteiger partial charge in [-0.05, 0) is 37.8 Å². The fourth-order valence-corrected chi connectivity index (χ4v) is 4.06. The molecule has 0 aliphatic carbocycles. The summed E-state index contributed by atoms with van der Waals surface area (Å²) in [5.74, 6) is -0.342. The molecule has 4 rings (SSSR count). The van der Waals surface area contributed by atoms with Gasteiger partial charge in [0.15, 0.2) is 0 Å². The van der Waals surface area contributed by atoms with Crippen molar-refractivity contribution in [1.82, 2.24) is 15.1 Å². The van der Waals surface area contributed by atoms with Crippen LogP contribution in [0.5, 0.6) is 0 Å². The van der Waals surface area contributed by atoms with Gasteiger partial charge in [0, 0.05) is 32.2 Å². The molecule has 0 spiro atoms. The zero-order valence-electron chi connectivity index (χ0n) is 16.2. The van der Waals surface area contributed by atoms with Crippen LogP contribution in [0.3, 0.4) is 0 Å². The predicted molar refractivity (Wildman–Crippen MR) is 103 cm³/mol. The van der Waals surface area contributed by atoms with Crippen LogP contribution in [0, 0.1) is 5.92 Å². The van der Waals surface area contributed by atoms with Gasteiger partial charge in [0.25, 0.3) is 11.8 Å². The fourth-order valence-electron chi connectivity index (χ4n) is 4.06. The number of likely N-dealkylation sites (tertiary alicyclic amines) is 2. The number of amides is 3. The van der Waals surface area contributed by atoms with Gasteiger partial charge in [-0.1, -0.05) is 0 Å². The van der Waals surface area contributed by atoms with Gasteiger partial charge in [-0.15, -0.1) is 0 Å². The van der Waals surface area contributed by atoms with Crippen LogP contribution in [0.4, 0.5) is 0 Å². The molecule has 8 heteroatoms. The molecule has 2 aliphatic rings. The highest BCUT2D eigenvalue weighted by Gasteiger charge is 2.31. The van der Waals surface area contributed by atoms with Crippen LogP contribution in [0.1, 0.15) is 46.4 Å². The summed E-state index contributed by atoms with van der Waals surface area (Å²) in [5, 5.41) is 3.13. The number of rotatable bonds is 4. The lowest BCUT2D eigenvalue weighted by Gasteiger charge is -2.35. The number of carbonyl (C=O) groups excluding carboxylic acids is 3. The molecule has 2 saturated heterocycles. The van der Waals surface area contributed by atoms with Gasteiger partial charge in [-0.3, -0.25) is 14.4 Å². The molecular weight excluding hydrogens is 374 g/mol. The van der Waals surface area contributed by atoms with Gasteiger partial charge in [0.2, 0.25) is 5.91 Å². The van der Waals surface area contributed by atoms with Gasteiger partial charge in [0.05, 0.1) is 29.6 Å². The van der Waals surface area contributed by atoms with Crippen LogP contribution in [-0.4, -0.2) is 59.7 Å². The second-order valence-electron chi connectivity index (χ2n) is 7.69. The van der Waals surface area contributed by atoms with Gasteiger partial charge in [-0.25, -0.2) is 0 Å². The van der Waals surface area contributed by atoms with E-state index in [2.05, 4.69) is 5.32 Å². The van der Waals surface area contributed by atoms with Crippen molar-refractivity contribution in [2.75, 3.05) is 26.2 Å². The van der Waals surface area contributed by atoms with Crippen LogP contribution in [0.25, 0.3) is 0 Å². The SMILES string of the molecule is O=C(NC1CCN(C(=O)c2ccoc2)CC1)[C@H]1CCCN(C(=O)c2ccoc2)C1. The molecule has 4 heterocycles. The molecule has 1 atom stereocenters. The van der Waals surface area contributed by atoms with E-state index in [0.717, 1.165) is 25.7 Å². The number of carbonyl (C=O) groups is 3. The Labute approximate surface area is 168 Å². The van der Waals surface area contributed by atoms with E-state index in [-0.39, 0.29) is 29.7 Å². The molecule has 2 aromatic rings. The van der Waals surface area contributed by atoms with E-state index in [1.807, 2.05) is 0 Å². The minimum atomic E-state index is -0.204. The van der Waals surface area contributed by atoms with Gasteiger partial charge in [0.1, 0.15) is 12.5 Å². The average molecular weight is 399 g/mol. The van der Waals surface area contributed by atoms with Crippen molar-refractivity contribution in [3.8, 4) is 0 Å². The normalized spacial score (nSPS) is 20.5. The van der Waals surface area contributed by atoms with Crippen LogP contribution < -0.4 is 5.32 Å². The maximum Gasteiger partial charge on any atom is 0.257 e. The quantitative estimate of drug-likeness (QED) is 0.850. The summed E-state index contributed by atoms with van der Waals surface area (Å²) in [6, 6.07) is 3.36. The van der Waals surface area contributed by atoms with Gasteiger partial charge >= 0.3 is 0 Å². The Morgan fingerprint density at radius 3 is 2.07 bits per heavy atom. The van der Waals surface area contributed by atoms with Crippen molar-refractivity contribution in [3.05, 3.63) is 48.3 Å². The van der Waals surface area contributed by atoms with E-state index in [9.17, 15) is 14.4 Å². The van der Waals surface area contributed by atoms with Gasteiger partial charge < -0.3 is 24.0 Å². The Bertz CT molecular complexity index is 838. The third-order valence-electron chi connectivity index (χ3n) is 5.74. The number of furan rings is 2. The molecular formula is C21H25N3O5. The van der Waals surface area contributed by atoms with E-state index in [0.29, 0.717) is 37.3 Å². The predicted octanol–water partition coefficient (Wildman–Crippen LogP) is 2.15. The standard InChI is InChI=1S/C21H25N3O5/c25-19(15-2-1-7-24(12-15)21(27)17-6-11-29-14-17)22-18-3-8-23(9-4-18)20(26)16-5-10-28-13-16/h5-6,10-11,13-15,18H,1-4,7-9,12H2,(H,22,25)/t15-/m0/s1. The summed E-state index contributed by atoms with van der Waals surface area (Å²) in [6.07, 6.45) is 8.88. The number of nitrogens with zero attached hydrogens (tertiary/aromatic N) is 2. The molecule has 0 aromatic carbocycles. The Kier molecular flexibility index (Phi) is 5.69. The number of hydrogen-bond acceptors (Lipinski definition) is 5. The third-order valence-corrected chi connectivity index (χ3v) is 5.74. The maximum absolute atomic E-state index is 12.8. The molecule has 0 radical (unpaired) electrons. The van der Waals surface area contributed by atoms with Crippen molar-refractivity contribution in [3.63, 3.8) is 0 Å². The largest absolute Gasteiger partial charge is 0.472 e. The maximum atomic E-state index is 12.8. The molecule has 0 bridgehead atoms. The Morgan fingerprint density at radius 1 is 0.862 bits per heavy atom. The van der Waals surface area contributed by atoms with Gasteiger partial charge in [-0.2, -0.15) is 0 Å². The van der Waals surface area contributed by atoms with Crippen LogP contribution in [-0.2, 0) is 4.79 Å². The first kappa shape index (κ1) is 19.3. The molecule has 8 nitrogen and oxygen atoms in total. The summed E-state index contributed by atoms with van der Waals surface area (Å²) >= 11 is 0. The van der Waals surface area contributed by atoms with E-state index in [1.54, 1.807) is 21.9 Å². The highest BCUT2D eigenvalue weighted by Crippen LogP contribution is 2.21. The van der Waals surface area contributed by atoms with E-state index in [1.165, 1.54) is 25.1 Å². The van der Waals surface area contributed by atoms with E-state index < -0.39 is 0 Å². The summed E-state index contributed by atoms with van der Waals surface area (Å²) in [5.41, 5.74) is 1.07. The molecule has 0 saturated carbocycles. The lowest BCUT2D eigenvalue weighted by molar-refractivity contribution is -0.127. The highest BCUT2D eigenvalue weighted by molar-refractivity contribution is 5.94. The van der Waals surface area contributed by atoms with E-state index >= 15 is 0 Å².